The van der Waals surface area contributed by atoms with Crippen LogP contribution >= 0.6 is 0 Å². The van der Waals surface area contributed by atoms with Gasteiger partial charge in [-0.05, 0) is 42.8 Å². The van der Waals surface area contributed by atoms with E-state index in [0.29, 0.717) is 23.5 Å². The number of anilines is 3. The van der Waals surface area contributed by atoms with Crippen LogP contribution in [0.15, 0.2) is 55.0 Å². The quantitative estimate of drug-likeness (QED) is 0.454. The van der Waals surface area contributed by atoms with E-state index in [-0.39, 0.29) is 11.8 Å². The highest BCUT2D eigenvalue weighted by molar-refractivity contribution is 6.04. The van der Waals surface area contributed by atoms with E-state index in [1.807, 2.05) is 41.5 Å². The summed E-state index contributed by atoms with van der Waals surface area (Å²) in [5, 5.41) is 5.61. The van der Waals surface area contributed by atoms with Gasteiger partial charge in [0.15, 0.2) is 0 Å². The molecular weight excluding hydrogens is 418 g/mol. The van der Waals surface area contributed by atoms with Crippen LogP contribution < -0.4 is 15.5 Å². The van der Waals surface area contributed by atoms with E-state index < -0.39 is 0 Å². The molecule has 2 amide bonds. The highest BCUT2D eigenvalue weighted by Crippen LogP contribution is 2.25. The van der Waals surface area contributed by atoms with E-state index in [0.717, 1.165) is 29.4 Å². The van der Waals surface area contributed by atoms with Gasteiger partial charge >= 0.3 is 0 Å². The first-order chi connectivity index (χ1) is 15.9. The smallest absolute Gasteiger partial charge is 0.257 e. The molecule has 0 fully saturated rings. The number of fused-ring (bicyclic) bond motifs is 1. The summed E-state index contributed by atoms with van der Waals surface area (Å²) in [7, 11) is 3.97. The molecule has 9 nitrogen and oxygen atoms in total. The van der Waals surface area contributed by atoms with Gasteiger partial charge in [0.1, 0.15) is 17.3 Å². The number of pyridine rings is 1. The standard InChI is InChI=1S/C24H27N7O2/c1-5-20-24(30(4)15-22-25-12-13-29(22)3)31-14-17(6-11-21(31)28-20)23(33)27-19-9-7-18(8-10-19)26-16(2)32/h6-14H,5,15H2,1-4H3,(H,26,32)(H,27,33). The van der Waals surface area contributed by atoms with E-state index in [9.17, 15) is 9.59 Å². The number of hydrogen-bond acceptors (Lipinski definition) is 5. The second kappa shape index (κ2) is 9.15. The second-order valence-electron chi connectivity index (χ2n) is 7.90. The summed E-state index contributed by atoms with van der Waals surface area (Å²) >= 11 is 0. The Hall–Kier alpha value is -4.14. The minimum atomic E-state index is -0.228. The Morgan fingerprint density at radius 3 is 2.36 bits per heavy atom. The molecule has 0 aliphatic heterocycles. The average Bonchev–Trinajstić information content (AvgIpc) is 3.36. The maximum absolute atomic E-state index is 12.9. The summed E-state index contributed by atoms with van der Waals surface area (Å²) in [6, 6.07) is 10.6. The molecule has 0 saturated heterocycles. The predicted molar refractivity (Wildman–Crippen MR) is 129 cm³/mol. The molecule has 3 aromatic heterocycles. The van der Waals surface area contributed by atoms with Gasteiger partial charge < -0.3 is 20.1 Å². The summed E-state index contributed by atoms with van der Waals surface area (Å²) in [5.74, 6) is 1.50. The molecule has 0 aliphatic rings. The Kier molecular flexibility index (Phi) is 6.12. The number of aromatic nitrogens is 4. The fourth-order valence-corrected chi connectivity index (χ4v) is 3.74. The minimum Gasteiger partial charge on any atom is -0.352 e. The van der Waals surface area contributed by atoms with Crippen molar-refractivity contribution in [3.63, 3.8) is 0 Å². The van der Waals surface area contributed by atoms with Crippen molar-refractivity contribution in [3.8, 4) is 0 Å². The van der Waals surface area contributed by atoms with Crippen LogP contribution in [-0.2, 0) is 24.8 Å². The summed E-state index contributed by atoms with van der Waals surface area (Å²) < 4.78 is 3.94. The highest BCUT2D eigenvalue weighted by atomic mass is 16.2. The number of imidazole rings is 2. The normalized spacial score (nSPS) is 10.9. The molecule has 0 bridgehead atoms. The third-order valence-electron chi connectivity index (χ3n) is 5.38. The van der Waals surface area contributed by atoms with Gasteiger partial charge in [0.05, 0.1) is 17.8 Å². The zero-order valence-electron chi connectivity index (χ0n) is 19.2. The lowest BCUT2D eigenvalue weighted by Gasteiger charge is -2.20. The van der Waals surface area contributed by atoms with Crippen LogP contribution in [0.2, 0.25) is 0 Å². The second-order valence-corrected chi connectivity index (χ2v) is 7.90. The van der Waals surface area contributed by atoms with Crippen molar-refractivity contribution in [3.05, 3.63) is 72.1 Å². The Morgan fingerprint density at radius 2 is 1.76 bits per heavy atom. The van der Waals surface area contributed by atoms with Gasteiger partial charge in [-0.25, -0.2) is 9.97 Å². The van der Waals surface area contributed by atoms with Gasteiger partial charge in [0, 0.05) is 51.0 Å². The molecule has 170 valence electrons. The van der Waals surface area contributed by atoms with Gasteiger partial charge in [0.2, 0.25) is 5.91 Å². The molecular formula is C24H27N7O2. The summed E-state index contributed by atoms with van der Waals surface area (Å²) in [6.07, 6.45) is 6.28. The molecule has 0 spiro atoms. The first kappa shape index (κ1) is 22.1. The molecule has 9 heteroatoms. The maximum atomic E-state index is 12.9. The Morgan fingerprint density at radius 1 is 1.06 bits per heavy atom. The van der Waals surface area contributed by atoms with Crippen molar-refractivity contribution >= 4 is 34.7 Å². The lowest BCUT2D eigenvalue weighted by Crippen LogP contribution is -2.22. The number of benzene rings is 1. The Labute approximate surface area is 192 Å². The van der Waals surface area contributed by atoms with Crippen molar-refractivity contribution in [2.75, 3.05) is 22.6 Å². The van der Waals surface area contributed by atoms with Crippen molar-refractivity contribution in [2.24, 2.45) is 7.05 Å². The van der Waals surface area contributed by atoms with Crippen molar-refractivity contribution in [1.82, 2.24) is 18.9 Å². The lowest BCUT2D eigenvalue weighted by atomic mass is 10.2. The first-order valence-electron chi connectivity index (χ1n) is 10.7. The van der Waals surface area contributed by atoms with E-state index in [1.165, 1.54) is 6.92 Å². The van der Waals surface area contributed by atoms with Crippen molar-refractivity contribution < 1.29 is 9.59 Å². The predicted octanol–water partition coefficient (Wildman–Crippen LogP) is 3.48. The molecule has 4 aromatic rings. The SMILES string of the molecule is CCc1nc2ccc(C(=O)Nc3ccc(NC(C)=O)cc3)cn2c1N(C)Cc1nccn1C. The fraction of sp³-hybridized carbons (Fsp3) is 0.250. The van der Waals surface area contributed by atoms with Crippen LogP contribution in [0.25, 0.3) is 5.65 Å². The van der Waals surface area contributed by atoms with Gasteiger partial charge in [-0.15, -0.1) is 0 Å². The molecule has 0 unspecified atom stereocenters. The summed E-state index contributed by atoms with van der Waals surface area (Å²) in [5.41, 5.74) is 3.57. The zero-order chi connectivity index (χ0) is 23.5. The van der Waals surface area contributed by atoms with Crippen LogP contribution in [0.3, 0.4) is 0 Å². The van der Waals surface area contributed by atoms with Crippen LogP contribution in [0.4, 0.5) is 17.2 Å². The van der Waals surface area contributed by atoms with Crippen molar-refractivity contribution in [2.45, 2.75) is 26.8 Å². The number of nitrogens with zero attached hydrogens (tertiary/aromatic N) is 5. The van der Waals surface area contributed by atoms with E-state index >= 15 is 0 Å². The lowest BCUT2D eigenvalue weighted by molar-refractivity contribution is -0.114. The largest absolute Gasteiger partial charge is 0.352 e. The molecule has 0 aliphatic carbocycles. The molecule has 4 rings (SSSR count). The summed E-state index contributed by atoms with van der Waals surface area (Å²) in [6.45, 7) is 4.13. The number of rotatable bonds is 7. The van der Waals surface area contributed by atoms with Gasteiger partial charge in [-0.1, -0.05) is 6.92 Å². The number of nitrogens with one attached hydrogen (secondary N) is 2. The molecule has 33 heavy (non-hydrogen) atoms. The van der Waals surface area contributed by atoms with Crippen LogP contribution in [0, 0.1) is 0 Å². The highest BCUT2D eigenvalue weighted by Gasteiger charge is 2.18. The molecule has 0 saturated carbocycles. The van der Waals surface area contributed by atoms with E-state index in [1.54, 1.807) is 36.5 Å². The Balaban J connectivity index is 1.60. The Bertz CT molecular complexity index is 1300. The molecule has 0 atom stereocenters. The minimum absolute atomic E-state index is 0.143. The average molecular weight is 446 g/mol. The number of hydrogen-bond donors (Lipinski definition) is 2. The third-order valence-corrected chi connectivity index (χ3v) is 5.38. The third kappa shape index (κ3) is 4.72. The van der Waals surface area contributed by atoms with Crippen molar-refractivity contribution in [1.29, 1.82) is 0 Å². The number of carbonyl (C=O) groups excluding carboxylic acids is 2. The summed E-state index contributed by atoms with van der Waals surface area (Å²) in [4.78, 5) is 35.4. The number of carbonyl (C=O) groups is 2. The molecule has 0 radical (unpaired) electrons. The maximum Gasteiger partial charge on any atom is 0.257 e. The zero-order valence-corrected chi connectivity index (χ0v) is 19.2. The van der Waals surface area contributed by atoms with Crippen LogP contribution in [0.1, 0.15) is 35.7 Å². The van der Waals surface area contributed by atoms with Gasteiger partial charge in [0.25, 0.3) is 5.91 Å². The van der Waals surface area contributed by atoms with Gasteiger partial charge in [-0.2, -0.15) is 0 Å². The van der Waals surface area contributed by atoms with Crippen LogP contribution in [-0.4, -0.2) is 37.8 Å². The molecule has 3 heterocycles. The van der Waals surface area contributed by atoms with Gasteiger partial charge in [-0.3, -0.25) is 14.0 Å². The van der Waals surface area contributed by atoms with E-state index in [4.69, 9.17) is 4.98 Å². The number of aryl methyl sites for hydroxylation is 2. The van der Waals surface area contributed by atoms with E-state index in [2.05, 4.69) is 27.4 Å². The molecule has 2 N–H and O–H groups in total. The first-order valence-corrected chi connectivity index (χ1v) is 10.7. The van der Waals surface area contributed by atoms with Crippen LogP contribution in [0.5, 0.6) is 0 Å². The number of amides is 2. The monoisotopic (exact) mass is 445 g/mol. The topological polar surface area (TPSA) is 96.6 Å². The fourth-order valence-electron chi connectivity index (χ4n) is 3.74. The molecule has 1 aromatic carbocycles.